The first kappa shape index (κ1) is 24.2. The third-order valence-corrected chi connectivity index (χ3v) is 11.0. The number of carbonyl (C=O) groups excluding carboxylic acids is 1. The molecule has 0 radical (unpaired) electrons. The number of fused-ring (bicyclic) bond motifs is 2. The van der Waals surface area contributed by atoms with Crippen molar-refractivity contribution in [3.8, 4) is 17.3 Å². The fraction of sp³-hybridized carbons (Fsp3) is 0.529. The van der Waals surface area contributed by atoms with Gasteiger partial charge in [-0.1, -0.05) is 18.9 Å². The molecule has 1 amide bonds. The molecule has 1 N–H and O–H groups in total. The lowest BCUT2D eigenvalue weighted by Crippen LogP contribution is -2.64. The maximum absolute atomic E-state index is 13.7. The van der Waals surface area contributed by atoms with Gasteiger partial charge in [0.25, 0.3) is 5.91 Å². The van der Waals surface area contributed by atoms with Gasteiger partial charge in [0.05, 0.1) is 23.8 Å². The van der Waals surface area contributed by atoms with Crippen LogP contribution in [0.25, 0.3) is 33.5 Å². The number of carbonyl (C=O) groups is 1. The summed E-state index contributed by atoms with van der Waals surface area (Å²) in [6.07, 6.45) is 10.5. The lowest BCUT2D eigenvalue weighted by atomic mass is 9.63. The van der Waals surface area contributed by atoms with E-state index < -0.39 is 0 Å². The van der Waals surface area contributed by atoms with E-state index in [4.69, 9.17) is 9.72 Å². The fourth-order valence-corrected chi connectivity index (χ4v) is 8.45. The molecule has 1 unspecified atom stereocenters. The van der Waals surface area contributed by atoms with Gasteiger partial charge in [-0.2, -0.15) is 0 Å². The molecular formula is C34H39N5O2. The second-order valence-electron chi connectivity index (χ2n) is 13.9. The standard InChI is InChI=1S/C34H39N5O2/c1-37-31-26(12-24(14-29(31)41-2)33(40)39-19-34-16-22(17-34)11-30(34)39)36-32(37)28-13-23-7-8-25(35-10-9-20-3-4-20)15-27(23)38(28)18-21-5-6-21/h7-8,12-15,20-22,30,35H,3-6,9-11,16-19H2,1-2H3. The Morgan fingerprint density at radius 2 is 1.93 bits per heavy atom. The van der Waals surface area contributed by atoms with E-state index in [9.17, 15) is 4.79 Å². The van der Waals surface area contributed by atoms with E-state index in [0.29, 0.717) is 22.8 Å². The predicted molar refractivity (Wildman–Crippen MR) is 161 cm³/mol. The SMILES string of the molecule is COc1cc(C(=O)N2CC34CC(CC23)C4)cc2nc(-c3cc4ccc(NCCC5CC5)cc4n3CC3CC3)n(C)c12. The molecule has 10 rings (SSSR count). The Morgan fingerprint density at radius 3 is 2.68 bits per heavy atom. The van der Waals surface area contributed by atoms with E-state index in [1.807, 2.05) is 12.1 Å². The summed E-state index contributed by atoms with van der Waals surface area (Å²) < 4.78 is 10.5. The maximum atomic E-state index is 13.7. The number of likely N-dealkylation sites (tertiary alicyclic amines) is 1. The van der Waals surface area contributed by atoms with Gasteiger partial charge >= 0.3 is 0 Å². The van der Waals surface area contributed by atoms with Gasteiger partial charge in [0.1, 0.15) is 11.3 Å². The highest BCUT2D eigenvalue weighted by Gasteiger charge is 2.67. The van der Waals surface area contributed by atoms with Gasteiger partial charge in [0, 0.05) is 54.8 Å². The molecule has 1 spiro atoms. The average molecular weight is 550 g/mol. The normalized spacial score (nSPS) is 26.2. The van der Waals surface area contributed by atoms with Gasteiger partial charge in [-0.3, -0.25) is 4.79 Å². The molecule has 212 valence electrons. The second kappa shape index (κ2) is 8.52. The number of anilines is 1. The van der Waals surface area contributed by atoms with Crippen LogP contribution in [-0.4, -0.2) is 51.2 Å². The smallest absolute Gasteiger partial charge is 0.254 e. The van der Waals surface area contributed by atoms with Gasteiger partial charge in [0.15, 0.2) is 5.82 Å². The summed E-state index contributed by atoms with van der Waals surface area (Å²) in [6, 6.07) is 13.4. The summed E-state index contributed by atoms with van der Waals surface area (Å²) in [5, 5.41) is 4.91. The van der Waals surface area contributed by atoms with Crippen molar-refractivity contribution in [2.75, 3.05) is 25.5 Å². The van der Waals surface area contributed by atoms with Gasteiger partial charge in [-0.15, -0.1) is 0 Å². The maximum Gasteiger partial charge on any atom is 0.254 e. The van der Waals surface area contributed by atoms with Crippen molar-refractivity contribution in [1.82, 2.24) is 19.0 Å². The molecule has 2 bridgehead atoms. The number of benzene rings is 2. The van der Waals surface area contributed by atoms with Crippen LogP contribution >= 0.6 is 0 Å². The van der Waals surface area contributed by atoms with E-state index in [1.165, 1.54) is 68.0 Å². The van der Waals surface area contributed by atoms with Crippen molar-refractivity contribution in [3.05, 3.63) is 42.0 Å². The van der Waals surface area contributed by atoms with Crippen molar-refractivity contribution < 1.29 is 9.53 Å². The van der Waals surface area contributed by atoms with Crippen molar-refractivity contribution in [2.24, 2.45) is 30.2 Å². The molecule has 1 saturated heterocycles. The second-order valence-corrected chi connectivity index (χ2v) is 13.9. The summed E-state index contributed by atoms with van der Waals surface area (Å²) >= 11 is 0. The molecule has 1 atom stereocenters. The summed E-state index contributed by atoms with van der Waals surface area (Å²) in [5.74, 6) is 4.26. The van der Waals surface area contributed by atoms with E-state index in [1.54, 1.807) is 7.11 Å². The topological polar surface area (TPSA) is 64.3 Å². The van der Waals surface area contributed by atoms with Crippen LogP contribution in [-0.2, 0) is 13.6 Å². The van der Waals surface area contributed by atoms with Crippen LogP contribution in [0.3, 0.4) is 0 Å². The first-order chi connectivity index (χ1) is 20.0. The summed E-state index contributed by atoms with van der Waals surface area (Å²) in [7, 11) is 3.77. The molecule has 1 aliphatic heterocycles. The molecule has 41 heavy (non-hydrogen) atoms. The summed E-state index contributed by atoms with van der Waals surface area (Å²) in [4.78, 5) is 21.0. The van der Waals surface area contributed by atoms with Crippen molar-refractivity contribution in [2.45, 2.75) is 64.0 Å². The third kappa shape index (κ3) is 3.70. The highest BCUT2D eigenvalue weighted by atomic mass is 16.5. The fourth-order valence-electron chi connectivity index (χ4n) is 8.45. The first-order valence-electron chi connectivity index (χ1n) is 15.7. The predicted octanol–water partition coefficient (Wildman–Crippen LogP) is 6.45. The lowest BCUT2D eigenvalue weighted by Gasteiger charge is -2.56. The lowest BCUT2D eigenvalue weighted by molar-refractivity contribution is -0.0552. The molecule has 7 nitrogen and oxygen atoms in total. The zero-order valence-corrected chi connectivity index (χ0v) is 24.2. The molecule has 4 aromatic rings. The quantitative estimate of drug-likeness (QED) is 0.261. The summed E-state index contributed by atoms with van der Waals surface area (Å²) in [5.41, 5.74) is 6.48. The molecule has 5 saturated carbocycles. The molecule has 2 aromatic carbocycles. The van der Waals surface area contributed by atoms with Crippen LogP contribution in [0.2, 0.25) is 0 Å². The number of aromatic nitrogens is 3. The Kier molecular flexibility index (Phi) is 5.02. The largest absolute Gasteiger partial charge is 0.494 e. The van der Waals surface area contributed by atoms with Crippen LogP contribution in [0.4, 0.5) is 5.69 Å². The van der Waals surface area contributed by atoms with Crippen LogP contribution in [0, 0.1) is 23.2 Å². The van der Waals surface area contributed by atoms with E-state index in [0.717, 1.165) is 59.9 Å². The van der Waals surface area contributed by atoms with E-state index >= 15 is 0 Å². The summed E-state index contributed by atoms with van der Waals surface area (Å²) in [6.45, 7) is 2.96. The number of nitrogens with zero attached hydrogens (tertiary/aromatic N) is 4. The molecule has 6 aliphatic rings. The Balaban J connectivity index is 1.09. The Bertz CT molecular complexity index is 1720. The number of hydrogen-bond acceptors (Lipinski definition) is 4. The number of methoxy groups -OCH3 is 1. The van der Waals surface area contributed by atoms with Crippen LogP contribution < -0.4 is 10.1 Å². The molecule has 2 aromatic heterocycles. The number of aryl methyl sites for hydroxylation is 1. The minimum Gasteiger partial charge on any atom is -0.494 e. The minimum atomic E-state index is 0.130. The molecule has 5 aliphatic carbocycles. The van der Waals surface area contributed by atoms with E-state index in [-0.39, 0.29) is 5.91 Å². The van der Waals surface area contributed by atoms with Gasteiger partial charge in [-0.05, 0) is 86.6 Å². The van der Waals surface area contributed by atoms with E-state index in [2.05, 4.69) is 50.7 Å². The average Bonchev–Trinajstić information content (AvgIpc) is 3.84. The number of rotatable bonds is 9. The monoisotopic (exact) mass is 549 g/mol. The van der Waals surface area contributed by atoms with Crippen LogP contribution in [0.15, 0.2) is 36.4 Å². The van der Waals surface area contributed by atoms with Crippen LogP contribution in [0.1, 0.15) is 61.7 Å². The highest BCUT2D eigenvalue weighted by molar-refractivity contribution is 6.01. The first-order valence-corrected chi connectivity index (χ1v) is 15.7. The molecule has 6 fully saturated rings. The molecule has 3 heterocycles. The minimum absolute atomic E-state index is 0.130. The Hall–Kier alpha value is -3.48. The number of imidazole rings is 1. The number of ether oxygens (including phenoxy) is 1. The Labute approximate surface area is 240 Å². The van der Waals surface area contributed by atoms with Gasteiger partial charge in [0.2, 0.25) is 0 Å². The number of hydrogen-bond donors (Lipinski definition) is 1. The molecule has 7 heteroatoms. The van der Waals surface area contributed by atoms with Crippen molar-refractivity contribution in [1.29, 1.82) is 0 Å². The Morgan fingerprint density at radius 1 is 1.10 bits per heavy atom. The number of nitrogens with one attached hydrogen (secondary N) is 1. The highest BCUT2D eigenvalue weighted by Crippen LogP contribution is 2.66. The van der Waals surface area contributed by atoms with Gasteiger partial charge in [-0.25, -0.2) is 4.98 Å². The zero-order chi connectivity index (χ0) is 27.5. The van der Waals surface area contributed by atoms with Crippen LogP contribution in [0.5, 0.6) is 5.75 Å². The molecular weight excluding hydrogens is 510 g/mol. The zero-order valence-electron chi connectivity index (χ0n) is 24.2. The van der Waals surface area contributed by atoms with Crippen molar-refractivity contribution >= 4 is 33.5 Å². The third-order valence-electron chi connectivity index (χ3n) is 11.0. The van der Waals surface area contributed by atoms with Crippen molar-refractivity contribution in [3.63, 3.8) is 0 Å². The number of amides is 1. The van der Waals surface area contributed by atoms with Gasteiger partial charge < -0.3 is 24.1 Å².